The smallest absolute Gasteiger partial charge is 0.231 e. The van der Waals surface area contributed by atoms with E-state index in [2.05, 4.69) is 31.7 Å². The average Bonchev–Trinajstić information content (AvgIpc) is 3.57. The van der Waals surface area contributed by atoms with Crippen molar-refractivity contribution < 1.29 is 14.3 Å². The number of carbonyl (C=O) groups excluding carboxylic acids is 1. The maximum absolute atomic E-state index is 12.5. The van der Waals surface area contributed by atoms with Gasteiger partial charge in [0.15, 0.2) is 17.1 Å². The molecule has 0 fully saturated rings. The number of amides is 1. The normalized spacial score (nSPS) is 12.1. The molecule has 196 valence electrons. The highest BCUT2D eigenvalue weighted by atomic mass is 79.9. The third-order valence-corrected chi connectivity index (χ3v) is 7.26. The van der Waals surface area contributed by atoms with E-state index in [0.717, 1.165) is 38.2 Å². The summed E-state index contributed by atoms with van der Waals surface area (Å²) in [4.78, 5) is 17.2. The lowest BCUT2D eigenvalue weighted by Crippen LogP contribution is -2.24. The Kier molecular flexibility index (Phi) is 7.08. The first kappa shape index (κ1) is 25.2. The van der Waals surface area contributed by atoms with Gasteiger partial charge in [-0.25, -0.2) is 4.98 Å². The van der Waals surface area contributed by atoms with Crippen LogP contribution in [0.5, 0.6) is 11.5 Å². The zero-order valence-electron chi connectivity index (χ0n) is 20.7. The summed E-state index contributed by atoms with van der Waals surface area (Å²) in [6.45, 7) is 1.24. The van der Waals surface area contributed by atoms with E-state index in [1.165, 1.54) is 0 Å². The Morgan fingerprint density at radius 3 is 2.51 bits per heavy atom. The van der Waals surface area contributed by atoms with E-state index < -0.39 is 0 Å². The highest BCUT2D eigenvalue weighted by molar-refractivity contribution is 9.10. The van der Waals surface area contributed by atoms with Crippen molar-refractivity contribution in [1.82, 2.24) is 19.9 Å². The summed E-state index contributed by atoms with van der Waals surface area (Å²) in [6, 6.07) is 23.2. The average molecular weight is 605 g/mol. The molecule has 1 aliphatic rings. The van der Waals surface area contributed by atoms with Crippen LogP contribution in [-0.4, -0.2) is 27.3 Å². The molecule has 1 amide bonds. The van der Waals surface area contributed by atoms with Crippen LogP contribution < -0.4 is 20.1 Å². The number of ether oxygens (including phenoxy) is 2. The highest BCUT2D eigenvalue weighted by Crippen LogP contribution is 2.33. The van der Waals surface area contributed by atoms with Gasteiger partial charge in [0.2, 0.25) is 12.7 Å². The number of benzene rings is 3. The lowest BCUT2D eigenvalue weighted by molar-refractivity contribution is -0.120. The zero-order chi connectivity index (χ0) is 26.8. The van der Waals surface area contributed by atoms with Crippen molar-refractivity contribution in [3.8, 4) is 22.8 Å². The molecule has 8 nitrogen and oxygen atoms in total. The van der Waals surface area contributed by atoms with Crippen molar-refractivity contribution in [2.24, 2.45) is 0 Å². The first-order valence-electron chi connectivity index (χ1n) is 12.3. The molecule has 0 bridgehead atoms. The summed E-state index contributed by atoms with van der Waals surface area (Å²) in [5, 5.41) is 11.5. The molecule has 0 aliphatic carbocycles. The number of halogens is 2. The number of hydrogen-bond acceptors (Lipinski definition) is 6. The molecule has 3 heterocycles. The third-order valence-electron chi connectivity index (χ3n) is 6.37. The molecule has 0 spiro atoms. The van der Waals surface area contributed by atoms with Gasteiger partial charge in [-0.15, -0.1) is 0 Å². The second-order valence-corrected chi connectivity index (χ2v) is 10.3. The van der Waals surface area contributed by atoms with Crippen LogP contribution in [0.1, 0.15) is 16.7 Å². The van der Waals surface area contributed by atoms with Gasteiger partial charge in [-0.05, 0) is 50.8 Å². The highest BCUT2D eigenvalue weighted by Gasteiger charge is 2.15. The number of carbonyl (C=O) groups is 1. The number of nitrogens with zero attached hydrogens (tertiary/aromatic N) is 3. The SMILES string of the molecule is O=C(Cc1ccc2c(c1)OCO2)NCc1ccc(CNc2cc(-c3ccccc3Cl)nc3c(Br)cnn23)cc1. The van der Waals surface area contributed by atoms with Crippen molar-refractivity contribution in [3.05, 3.63) is 105 Å². The minimum Gasteiger partial charge on any atom is -0.454 e. The van der Waals surface area contributed by atoms with Gasteiger partial charge in [-0.3, -0.25) is 4.79 Å². The maximum atomic E-state index is 12.5. The number of aromatic nitrogens is 3. The number of rotatable bonds is 8. The molecule has 0 unspecified atom stereocenters. The fourth-order valence-corrected chi connectivity index (χ4v) is 4.92. The molecule has 0 radical (unpaired) electrons. The van der Waals surface area contributed by atoms with Crippen LogP contribution in [0.2, 0.25) is 5.02 Å². The fourth-order valence-electron chi connectivity index (χ4n) is 4.34. The summed E-state index contributed by atoms with van der Waals surface area (Å²) in [6.07, 6.45) is 2.00. The van der Waals surface area contributed by atoms with E-state index in [0.29, 0.717) is 35.3 Å². The van der Waals surface area contributed by atoms with Crippen LogP contribution in [0, 0.1) is 0 Å². The standard InChI is InChI=1S/C29H23BrClN5O3/c30-22-16-34-36-27(13-24(35-29(22)36)21-3-1-2-4-23(21)31)32-14-18-5-7-19(8-6-18)15-33-28(37)12-20-9-10-25-26(11-20)39-17-38-25/h1-11,13,16,32H,12,14-15,17H2,(H,33,37). The zero-order valence-corrected chi connectivity index (χ0v) is 23.0. The monoisotopic (exact) mass is 603 g/mol. The fraction of sp³-hybridized carbons (Fsp3) is 0.138. The topological polar surface area (TPSA) is 89.8 Å². The summed E-state index contributed by atoms with van der Waals surface area (Å²) in [5.41, 5.74) is 5.28. The lowest BCUT2D eigenvalue weighted by Gasteiger charge is -2.12. The molecule has 0 saturated carbocycles. The van der Waals surface area contributed by atoms with Crippen molar-refractivity contribution >= 4 is 44.9 Å². The van der Waals surface area contributed by atoms with Gasteiger partial charge in [0.05, 0.1) is 22.8 Å². The molecule has 10 heteroatoms. The third kappa shape index (κ3) is 5.55. The number of anilines is 1. The Balaban J connectivity index is 1.09. The van der Waals surface area contributed by atoms with Crippen molar-refractivity contribution in [2.75, 3.05) is 12.1 Å². The molecule has 0 saturated heterocycles. The Labute approximate surface area is 238 Å². The van der Waals surface area contributed by atoms with Gasteiger partial charge in [-0.1, -0.05) is 60.1 Å². The van der Waals surface area contributed by atoms with E-state index in [9.17, 15) is 4.79 Å². The lowest BCUT2D eigenvalue weighted by atomic mass is 10.1. The first-order chi connectivity index (χ1) is 19.0. The molecule has 5 aromatic rings. The summed E-state index contributed by atoms with van der Waals surface area (Å²) >= 11 is 9.98. The molecular weight excluding hydrogens is 582 g/mol. The van der Waals surface area contributed by atoms with Gasteiger partial charge in [0.1, 0.15) is 5.82 Å². The summed E-state index contributed by atoms with van der Waals surface area (Å²) in [5.74, 6) is 2.12. The second-order valence-electron chi connectivity index (χ2n) is 9.05. The van der Waals surface area contributed by atoms with Gasteiger partial charge in [0, 0.05) is 29.7 Å². The van der Waals surface area contributed by atoms with E-state index in [4.69, 9.17) is 26.1 Å². The molecule has 2 N–H and O–H groups in total. The minimum absolute atomic E-state index is 0.0546. The minimum atomic E-state index is -0.0546. The molecular formula is C29H23BrClN5O3. The van der Waals surface area contributed by atoms with Crippen LogP contribution in [-0.2, 0) is 24.3 Å². The second kappa shape index (κ2) is 11.0. The van der Waals surface area contributed by atoms with E-state index in [-0.39, 0.29) is 19.1 Å². The summed E-state index contributed by atoms with van der Waals surface area (Å²) in [7, 11) is 0. The van der Waals surface area contributed by atoms with Crippen LogP contribution in [0.3, 0.4) is 0 Å². The Hall–Kier alpha value is -4.08. The Morgan fingerprint density at radius 1 is 0.949 bits per heavy atom. The van der Waals surface area contributed by atoms with Crippen LogP contribution in [0.4, 0.5) is 5.82 Å². The quantitative estimate of drug-likeness (QED) is 0.225. The molecule has 0 atom stereocenters. The van der Waals surface area contributed by atoms with Gasteiger partial charge >= 0.3 is 0 Å². The molecule has 6 rings (SSSR count). The Morgan fingerprint density at radius 2 is 1.69 bits per heavy atom. The summed E-state index contributed by atoms with van der Waals surface area (Å²) < 4.78 is 13.3. The molecule has 1 aliphatic heterocycles. The van der Waals surface area contributed by atoms with Crippen LogP contribution >= 0.6 is 27.5 Å². The van der Waals surface area contributed by atoms with Crippen molar-refractivity contribution in [1.29, 1.82) is 0 Å². The first-order valence-corrected chi connectivity index (χ1v) is 13.5. The number of hydrogen-bond donors (Lipinski definition) is 2. The number of fused-ring (bicyclic) bond motifs is 2. The molecule has 2 aromatic heterocycles. The van der Waals surface area contributed by atoms with Crippen molar-refractivity contribution in [3.63, 3.8) is 0 Å². The molecule has 39 heavy (non-hydrogen) atoms. The van der Waals surface area contributed by atoms with Crippen LogP contribution in [0.25, 0.3) is 16.9 Å². The van der Waals surface area contributed by atoms with Gasteiger partial charge < -0.3 is 20.1 Å². The predicted molar refractivity (Wildman–Crippen MR) is 153 cm³/mol. The van der Waals surface area contributed by atoms with E-state index in [1.807, 2.05) is 72.8 Å². The van der Waals surface area contributed by atoms with Gasteiger partial charge in [0.25, 0.3) is 0 Å². The van der Waals surface area contributed by atoms with Crippen LogP contribution in [0.15, 0.2) is 83.5 Å². The largest absolute Gasteiger partial charge is 0.454 e. The Bertz CT molecular complexity index is 1670. The predicted octanol–water partition coefficient (Wildman–Crippen LogP) is 6.01. The maximum Gasteiger partial charge on any atom is 0.231 e. The van der Waals surface area contributed by atoms with E-state index >= 15 is 0 Å². The number of nitrogens with one attached hydrogen (secondary N) is 2. The van der Waals surface area contributed by atoms with E-state index in [1.54, 1.807) is 10.7 Å². The molecule has 3 aromatic carbocycles. The van der Waals surface area contributed by atoms with Crippen molar-refractivity contribution in [2.45, 2.75) is 19.5 Å². The van der Waals surface area contributed by atoms with Gasteiger partial charge in [-0.2, -0.15) is 9.61 Å².